The van der Waals surface area contributed by atoms with E-state index in [1.54, 1.807) is 0 Å². The fraction of sp³-hybridized carbons (Fsp3) is 1.00. The van der Waals surface area contributed by atoms with Gasteiger partial charge >= 0.3 is 0 Å². The van der Waals surface area contributed by atoms with Crippen LogP contribution in [0.15, 0.2) is 0 Å². The summed E-state index contributed by atoms with van der Waals surface area (Å²) in [4.78, 5) is 2.65. The van der Waals surface area contributed by atoms with Crippen LogP contribution in [0.5, 0.6) is 0 Å². The van der Waals surface area contributed by atoms with Gasteiger partial charge in [0.15, 0.2) is 0 Å². The van der Waals surface area contributed by atoms with E-state index in [2.05, 4.69) is 18.7 Å². The average molecular weight is 211 g/mol. The van der Waals surface area contributed by atoms with Gasteiger partial charge in [0.1, 0.15) is 0 Å². The van der Waals surface area contributed by atoms with Crippen molar-refractivity contribution < 1.29 is 5.11 Å². The maximum atomic E-state index is 9.87. The van der Waals surface area contributed by atoms with Crippen molar-refractivity contribution in [2.45, 2.75) is 70.6 Å². The summed E-state index contributed by atoms with van der Waals surface area (Å²) in [5.41, 5.74) is 0. The largest absolute Gasteiger partial charge is 0.393 e. The SMILES string of the molecule is CCC1CCC(C)N1CC1CCCC1O. The Morgan fingerprint density at radius 1 is 1.20 bits per heavy atom. The summed E-state index contributed by atoms with van der Waals surface area (Å²) < 4.78 is 0. The smallest absolute Gasteiger partial charge is 0.0580 e. The summed E-state index contributed by atoms with van der Waals surface area (Å²) >= 11 is 0. The van der Waals surface area contributed by atoms with Gasteiger partial charge in [0.25, 0.3) is 0 Å². The summed E-state index contributed by atoms with van der Waals surface area (Å²) in [5.74, 6) is 0.555. The molecule has 15 heavy (non-hydrogen) atoms. The Morgan fingerprint density at radius 3 is 2.60 bits per heavy atom. The summed E-state index contributed by atoms with van der Waals surface area (Å²) in [5, 5.41) is 9.87. The standard InChI is InChI=1S/C13H25NO/c1-3-12-8-7-10(2)14(12)9-11-5-4-6-13(11)15/h10-13,15H,3-9H2,1-2H3. The molecule has 0 aromatic heterocycles. The number of aliphatic hydroxyl groups excluding tert-OH is 1. The van der Waals surface area contributed by atoms with E-state index < -0.39 is 0 Å². The Balaban J connectivity index is 1.91. The number of likely N-dealkylation sites (tertiary alicyclic amines) is 1. The fourth-order valence-corrected chi connectivity index (χ4v) is 3.39. The average Bonchev–Trinajstić information content (AvgIpc) is 2.77. The first-order chi connectivity index (χ1) is 7.22. The summed E-state index contributed by atoms with van der Waals surface area (Å²) in [6.07, 6.45) is 7.46. The second-order valence-electron chi connectivity index (χ2n) is 5.44. The minimum atomic E-state index is -0.0182. The molecule has 4 atom stereocenters. The van der Waals surface area contributed by atoms with E-state index in [1.165, 1.54) is 32.1 Å². The van der Waals surface area contributed by atoms with Gasteiger partial charge in [-0.25, -0.2) is 0 Å². The molecule has 4 unspecified atom stereocenters. The van der Waals surface area contributed by atoms with Gasteiger partial charge in [0.2, 0.25) is 0 Å². The summed E-state index contributed by atoms with van der Waals surface area (Å²) in [6.45, 7) is 5.78. The number of hydrogen-bond acceptors (Lipinski definition) is 2. The molecule has 88 valence electrons. The lowest BCUT2D eigenvalue weighted by Crippen LogP contribution is -2.39. The van der Waals surface area contributed by atoms with Crippen LogP contribution < -0.4 is 0 Å². The Hall–Kier alpha value is -0.0800. The molecule has 2 rings (SSSR count). The van der Waals surface area contributed by atoms with Crippen LogP contribution in [0.1, 0.15) is 52.4 Å². The Bertz CT molecular complexity index is 207. The predicted molar refractivity (Wildman–Crippen MR) is 62.8 cm³/mol. The topological polar surface area (TPSA) is 23.5 Å². The molecule has 0 radical (unpaired) electrons. The van der Waals surface area contributed by atoms with Crippen LogP contribution in [0, 0.1) is 5.92 Å². The van der Waals surface area contributed by atoms with Crippen molar-refractivity contribution >= 4 is 0 Å². The molecular weight excluding hydrogens is 186 g/mol. The van der Waals surface area contributed by atoms with E-state index in [4.69, 9.17) is 0 Å². The highest BCUT2D eigenvalue weighted by Crippen LogP contribution is 2.32. The zero-order valence-corrected chi connectivity index (χ0v) is 10.2. The molecule has 2 nitrogen and oxygen atoms in total. The van der Waals surface area contributed by atoms with E-state index in [0.717, 1.165) is 25.0 Å². The van der Waals surface area contributed by atoms with Crippen molar-refractivity contribution in [2.75, 3.05) is 6.54 Å². The van der Waals surface area contributed by atoms with Crippen LogP contribution in [0.3, 0.4) is 0 Å². The summed E-state index contributed by atoms with van der Waals surface area (Å²) in [6, 6.07) is 1.52. The quantitative estimate of drug-likeness (QED) is 0.775. The molecule has 2 aliphatic rings. The molecule has 0 spiro atoms. The van der Waals surface area contributed by atoms with E-state index >= 15 is 0 Å². The fourth-order valence-electron chi connectivity index (χ4n) is 3.39. The van der Waals surface area contributed by atoms with Crippen LogP contribution in [-0.2, 0) is 0 Å². The molecule has 1 saturated carbocycles. The molecule has 0 aromatic carbocycles. The van der Waals surface area contributed by atoms with E-state index in [-0.39, 0.29) is 6.10 Å². The van der Waals surface area contributed by atoms with Crippen molar-refractivity contribution in [3.05, 3.63) is 0 Å². The Morgan fingerprint density at radius 2 is 2.00 bits per heavy atom. The first kappa shape index (κ1) is 11.4. The zero-order valence-electron chi connectivity index (χ0n) is 10.2. The number of aliphatic hydroxyl groups is 1. The molecule has 0 bridgehead atoms. The summed E-state index contributed by atoms with van der Waals surface area (Å²) in [7, 11) is 0. The van der Waals surface area contributed by atoms with Gasteiger partial charge in [0, 0.05) is 18.6 Å². The first-order valence-corrected chi connectivity index (χ1v) is 6.66. The number of nitrogens with zero attached hydrogens (tertiary/aromatic N) is 1. The molecule has 1 saturated heterocycles. The second-order valence-corrected chi connectivity index (χ2v) is 5.44. The van der Waals surface area contributed by atoms with Crippen LogP contribution in [0.2, 0.25) is 0 Å². The van der Waals surface area contributed by atoms with E-state index in [0.29, 0.717) is 5.92 Å². The van der Waals surface area contributed by atoms with Crippen molar-refractivity contribution in [3.63, 3.8) is 0 Å². The Kier molecular flexibility index (Phi) is 3.68. The van der Waals surface area contributed by atoms with Gasteiger partial charge in [-0.3, -0.25) is 4.90 Å². The van der Waals surface area contributed by atoms with Crippen LogP contribution in [0.4, 0.5) is 0 Å². The highest BCUT2D eigenvalue weighted by Gasteiger charge is 2.34. The molecular formula is C13H25NO. The van der Waals surface area contributed by atoms with Crippen molar-refractivity contribution in [1.29, 1.82) is 0 Å². The molecule has 1 heterocycles. The van der Waals surface area contributed by atoms with Gasteiger partial charge in [0.05, 0.1) is 6.10 Å². The van der Waals surface area contributed by atoms with Gasteiger partial charge in [-0.2, -0.15) is 0 Å². The van der Waals surface area contributed by atoms with Crippen molar-refractivity contribution in [1.82, 2.24) is 4.90 Å². The zero-order chi connectivity index (χ0) is 10.8. The van der Waals surface area contributed by atoms with Crippen molar-refractivity contribution in [2.24, 2.45) is 5.92 Å². The van der Waals surface area contributed by atoms with E-state index in [1.807, 2.05) is 0 Å². The Labute approximate surface area is 93.7 Å². The normalized spacial score (nSPS) is 42.6. The lowest BCUT2D eigenvalue weighted by molar-refractivity contribution is 0.0844. The highest BCUT2D eigenvalue weighted by atomic mass is 16.3. The second kappa shape index (κ2) is 4.84. The number of hydrogen-bond donors (Lipinski definition) is 1. The maximum Gasteiger partial charge on any atom is 0.0580 e. The van der Waals surface area contributed by atoms with Crippen LogP contribution >= 0.6 is 0 Å². The maximum absolute atomic E-state index is 9.87. The van der Waals surface area contributed by atoms with Crippen LogP contribution in [0.25, 0.3) is 0 Å². The molecule has 0 aromatic rings. The molecule has 2 fully saturated rings. The van der Waals surface area contributed by atoms with Gasteiger partial charge < -0.3 is 5.11 Å². The third-order valence-electron chi connectivity index (χ3n) is 4.49. The molecule has 1 aliphatic carbocycles. The van der Waals surface area contributed by atoms with Gasteiger partial charge in [-0.15, -0.1) is 0 Å². The van der Waals surface area contributed by atoms with E-state index in [9.17, 15) is 5.11 Å². The minimum Gasteiger partial charge on any atom is -0.393 e. The first-order valence-electron chi connectivity index (χ1n) is 6.66. The molecule has 1 aliphatic heterocycles. The predicted octanol–water partition coefficient (Wildman–Crippen LogP) is 2.41. The highest BCUT2D eigenvalue weighted by molar-refractivity contribution is 4.88. The monoisotopic (exact) mass is 211 g/mol. The number of rotatable bonds is 3. The molecule has 0 amide bonds. The molecule has 1 N–H and O–H groups in total. The molecule has 2 heteroatoms. The minimum absolute atomic E-state index is 0.0182. The lowest BCUT2D eigenvalue weighted by atomic mass is 10.0. The third-order valence-corrected chi connectivity index (χ3v) is 4.49. The third kappa shape index (κ3) is 2.36. The van der Waals surface area contributed by atoms with Gasteiger partial charge in [-0.05, 0) is 44.9 Å². The lowest BCUT2D eigenvalue weighted by Gasteiger charge is -2.31. The van der Waals surface area contributed by atoms with Crippen LogP contribution in [-0.4, -0.2) is 34.7 Å². The van der Waals surface area contributed by atoms with Crippen molar-refractivity contribution in [3.8, 4) is 0 Å². The van der Waals surface area contributed by atoms with Gasteiger partial charge in [-0.1, -0.05) is 13.3 Å².